The van der Waals surface area contributed by atoms with Gasteiger partial charge in [0.2, 0.25) is 11.8 Å². The van der Waals surface area contributed by atoms with E-state index in [-0.39, 0.29) is 29.7 Å². The molecular formula is C19H27N3O4S. The molecule has 1 fully saturated rings. The van der Waals surface area contributed by atoms with Crippen molar-refractivity contribution in [1.29, 1.82) is 0 Å². The van der Waals surface area contributed by atoms with Gasteiger partial charge in [-0.2, -0.15) is 0 Å². The van der Waals surface area contributed by atoms with Crippen LogP contribution in [0.1, 0.15) is 27.2 Å². The van der Waals surface area contributed by atoms with Gasteiger partial charge in [0, 0.05) is 32.6 Å². The Hall–Kier alpha value is -1.93. The normalized spacial score (nSPS) is 22.3. The van der Waals surface area contributed by atoms with E-state index in [1.165, 1.54) is 11.0 Å². The van der Waals surface area contributed by atoms with Crippen LogP contribution < -0.4 is 4.90 Å². The van der Waals surface area contributed by atoms with Crippen LogP contribution in [0.2, 0.25) is 0 Å². The van der Waals surface area contributed by atoms with Gasteiger partial charge in [-0.25, -0.2) is 8.42 Å². The van der Waals surface area contributed by atoms with Crippen molar-refractivity contribution in [3.63, 3.8) is 0 Å². The van der Waals surface area contributed by atoms with Gasteiger partial charge in [0.15, 0.2) is 9.84 Å². The zero-order valence-electron chi connectivity index (χ0n) is 16.1. The highest BCUT2D eigenvalue weighted by Gasteiger charge is 2.44. The van der Waals surface area contributed by atoms with Crippen LogP contribution in [0.4, 0.5) is 5.69 Å². The Balaban J connectivity index is 1.89. The number of nitrogens with zero attached hydrogens (tertiary/aromatic N) is 3. The van der Waals surface area contributed by atoms with Gasteiger partial charge < -0.3 is 14.7 Å². The molecule has 148 valence electrons. The summed E-state index contributed by atoms with van der Waals surface area (Å²) < 4.78 is 24.8. The summed E-state index contributed by atoms with van der Waals surface area (Å²) in [5, 5.41) is 0. The zero-order valence-corrected chi connectivity index (χ0v) is 17.0. The van der Waals surface area contributed by atoms with Crippen molar-refractivity contribution in [2.75, 3.05) is 44.2 Å². The number of para-hydroxylation sites is 1. The lowest BCUT2D eigenvalue weighted by molar-refractivity contribution is -0.133. The second-order valence-electron chi connectivity index (χ2n) is 7.70. The van der Waals surface area contributed by atoms with Crippen LogP contribution in [0.3, 0.4) is 0 Å². The third-order valence-corrected chi connectivity index (χ3v) is 8.04. The number of amides is 2. The highest BCUT2D eigenvalue weighted by molar-refractivity contribution is 7.93. The number of likely N-dealkylation sites (N-methyl/N-ethyl adjacent to an activating group) is 1. The molecule has 27 heavy (non-hydrogen) atoms. The van der Waals surface area contributed by atoms with Crippen molar-refractivity contribution in [3.05, 3.63) is 24.3 Å². The molecule has 8 heteroatoms. The molecule has 0 spiro atoms. The van der Waals surface area contributed by atoms with Gasteiger partial charge in [-0.15, -0.1) is 0 Å². The van der Waals surface area contributed by atoms with Crippen LogP contribution >= 0.6 is 0 Å². The number of fused-ring (bicyclic) bond motifs is 1. The highest BCUT2D eigenvalue weighted by atomic mass is 32.2. The van der Waals surface area contributed by atoms with Crippen LogP contribution in [0.15, 0.2) is 29.2 Å². The van der Waals surface area contributed by atoms with Crippen molar-refractivity contribution < 1.29 is 18.0 Å². The number of benzene rings is 1. The fourth-order valence-corrected chi connectivity index (χ4v) is 5.24. The molecule has 0 radical (unpaired) electrons. The summed E-state index contributed by atoms with van der Waals surface area (Å²) in [5.41, 5.74) is 0.300. The smallest absolute Gasteiger partial charge is 0.242 e. The fourth-order valence-electron chi connectivity index (χ4n) is 3.62. The van der Waals surface area contributed by atoms with Crippen molar-refractivity contribution >= 4 is 27.3 Å². The van der Waals surface area contributed by atoms with E-state index in [1.807, 2.05) is 0 Å². The number of sulfone groups is 1. The molecule has 1 aromatic carbocycles. The first-order chi connectivity index (χ1) is 12.7. The molecule has 0 aromatic heterocycles. The molecule has 0 atom stereocenters. The Morgan fingerprint density at radius 1 is 1.11 bits per heavy atom. The molecule has 7 nitrogen and oxygen atoms in total. The van der Waals surface area contributed by atoms with Gasteiger partial charge in [-0.05, 0) is 32.5 Å². The maximum absolute atomic E-state index is 13.0. The van der Waals surface area contributed by atoms with E-state index in [4.69, 9.17) is 0 Å². The molecule has 0 bridgehead atoms. The minimum absolute atomic E-state index is 0.115. The second-order valence-corrected chi connectivity index (χ2v) is 10.3. The lowest BCUT2D eigenvalue weighted by atomic mass is 10.1. The molecule has 2 heterocycles. The summed E-state index contributed by atoms with van der Waals surface area (Å²) in [5.74, 6) is -0.486. The monoisotopic (exact) mass is 393 g/mol. The van der Waals surface area contributed by atoms with Gasteiger partial charge in [0.1, 0.15) is 6.54 Å². The molecule has 2 amide bonds. The van der Waals surface area contributed by atoms with Gasteiger partial charge in [-0.3, -0.25) is 9.59 Å². The van der Waals surface area contributed by atoms with Crippen molar-refractivity contribution in [2.24, 2.45) is 0 Å². The average molecular weight is 394 g/mol. The molecule has 3 rings (SSSR count). The zero-order chi connectivity index (χ0) is 19.8. The first-order valence-corrected chi connectivity index (χ1v) is 10.8. The third-order valence-electron chi connectivity index (χ3n) is 5.52. The first-order valence-electron chi connectivity index (χ1n) is 9.31. The number of rotatable bonds is 3. The SMILES string of the molecule is CCN1CCN(C(=O)CN2C(=O)CC(C)(C)S(=O)(=O)c3ccccc32)CC1. The molecule has 1 saturated heterocycles. The maximum Gasteiger partial charge on any atom is 0.242 e. The van der Waals surface area contributed by atoms with E-state index in [0.717, 1.165) is 19.6 Å². The summed E-state index contributed by atoms with van der Waals surface area (Å²) in [6.07, 6.45) is -0.152. The quantitative estimate of drug-likeness (QED) is 0.770. The molecule has 1 aromatic rings. The predicted molar refractivity (Wildman–Crippen MR) is 103 cm³/mol. The number of piperazine rings is 1. The van der Waals surface area contributed by atoms with Crippen LogP contribution in [-0.4, -0.2) is 74.0 Å². The number of anilines is 1. The molecule has 0 unspecified atom stereocenters. The van der Waals surface area contributed by atoms with E-state index in [9.17, 15) is 18.0 Å². The minimum Gasteiger partial charge on any atom is -0.339 e. The Morgan fingerprint density at radius 2 is 1.74 bits per heavy atom. The Morgan fingerprint density at radius 3 is 2.37 bits per heavy atom. The Kier molecular flexibility index (Phi) is 5.31. The van der Waals surface area contributed by atoms with Crippen LogP contribution in [0.5, 0.6) is 0 Å². The highest BCUT2D eigenvalue weighted by Crippen LogP contribution is 2.38. The number of carbonyl (C=O) groups is 2. The largest absolute Gasteiger partial charge is 0.339 e. The van der Waals surface area contributed by atoms with Crippen LogP contribution in [-0.2, 0) is 19.4 Å². The molecule has 0 N–H and O–H groups in total. The third kappa shape index (κ3) is 3.60. The van der Waals surface area contributed by atoms with Crippen molar-refractivity contribution in [3.8, 4) is 0 Å². The Labute approximate surface area is 160 Å². The average Bonchev–Trinajstić information content (AvgIpc) is 2.69. The van der Waals surface area contributed by atoms with E-state index >= 15 is 0 Å². The number of hydrogen-bond donors (Lipinski definition) is 0. The van der Waals surface area contributed by atoms with Gasteiger partial charge >= 0.3 is 0 Å². The van der Waals surface area contributed by atoms with E-state index in [1.54, 1.807) is 36.9 Å². The maximum atomic E-state index is 13.0. The molecule has 0 saturated carbocycles. The summed E-state index contributed by atoms with van der Waals surface area (Å²) in [6, 6.07) is 6.46. The van der Waals surface area contributed by atoms with Crippen molar-refractivity contribution in [1.82, 2.24) is 9.80 Å². The Bertz CT molecular complexity index is 842. The van der Waals surface area contributed by atoms with E-state index in [2.05, 4.69) is 11.8 Å². The number of carbonyl (C=O) groups excluding carboxylic acids is 2. The summed E-state index contributed by atoms with van der Waals surface area (Å²) in [4.78, 5) is 31.2. The second kappa shape index (κ2) is 7.24. The van der Waals surface area contributed by atoms with Gasteiger partial charge in [0.05, 0.1) is 15.3 Å². The summed E-state index contributed by atoms with van der Waals surface area (Å²) in [7, 11) is -3.69. The van der Waals surface area contributed by atoms with Gasteiger partial charge in [0.25, 0.3) is 0 Å². The van der Waals surface area contributed by atoms with Crippen molar-refractivity contribution in [2.45, 2.75) is 36.8 Å². The number of hydrogen-bond acceptors (Lipinski definition) is 5. The van der Waals surface area contributed by atoms with Crippen LogP contribution in [0, 0.1) is 0 Å². The molecule has 2 aliphatic heterocycles. The minimum atomic E-state index is -3.69. The van der Waals surface area contributed by atoms with Gasteiger partial charge in [-0.1, -0.05) is 19.1 Å². The predicted octanol–water partition coefficient (Wildman–Crippen LogP) is 1.14. The van der Waals surface area contributed by atoms with E-state index in [0.29, 0.717) is 18.8 Å². The van der Waals surface area contributed by atoms with E-state index < -0.39 is 14.6 Å². The molecular weight excluding hydrogens is 366 g/mol. The summed E-state index contributed by atoms with van der Waals surface area (Å²) >= 11 is 0. The topological polar surface area (TPSA) is 78.0 Å². The van der Waals surface area contributed by atoms with Crippen LogP contribution in [0.25, 0.3) is 0 Å². The first kappa shape index (κ1) is 19.8. The fraction of sp³-hybridized carbons (Fsp3) is 0.579. The lowest BCUT2D eigenvalue weighted by Gasteiger charge is -2.35. The molecule has 0 aliphatic carbocycles. The standard InChI is InChI=1S/C19H27N3O4S/c1-4-20-9-11-21(12-10-20)18(24)14-22-15-7-5-6-8-16(15)27(25,26)19(2,3)13-17(22)23/h5-8H,4,9-14H2,1-3H3. The summed E-state index contributed by atoms with van der Waals surface area (Å²) in [6.45, 7) is 8.91. The molecule has 2 aliphatic rings. The lowest BCUT2D eigenvalue weighted by Crippen LogP contribution is -2.51.